The average molecular weight is 235 g/mol. The number of hydrogen-bond donors (Lipinski definition) is 1. The number of methoxy groups -OCH3 is 1. The summed E-state index contributed by atoms with van der Waals surface area (Å²) in [5.74, 6) is 0.817. The van der Waals surface area contributed by atoms with Gasteiger partial charge >= 0.3 is 0 Å². The number of ether oxygens (including phenoxy) is 1. The van der Waals surface area contributed by atoms with E-state index in [9.17, 15) is 4.79 Å². The fourth-order valence-electron chi connectivity index (χ4n) is 2.02. The van der Waals surface area contributed by atoms with Gasteiger partial charge in [0.1, 0.15) is 5.75 Å². The van der Waals surface area contributed by atoms with E-state index in [0.29, 0.717) is 17.9 Å². The lowest BCUT2D eigenvalue weighted by molar-refractivity contribution is 0.0787. The number of hydrogen-bond acceptors (Lipinski definition) is 3. The molecule has 3 nitrogen and oxygen atoms in total. The van der Waals surface area contributed by atoms with Crippen molar-refractivity contribution >= 4 is 5.78 Å². The second-order valence-corrected chi connectivity index (χ2v) is 4.25. The summed E-state index contributed by atoms with van der Waals surface area (Å²) >= 11 is 0. The quantitative estimate of drug-likeness (QED) is 0.771. The van der Waals surface area contributed by atoms with E-state index in [-0.39, 0.29) is 5.78 Å². The molecule has 1 rings (SSSR count). The van der Waals surface area contributed by atoms with Crippen molar-refractivity contribution < 1.29 is 9.53 Å². The summed E-state index contributed by atoms with van der Waals surface area (Å²) in [6.45, 7) is 4.40. The fraction of sp³-hybridized carbons (Fsp3) is 0.500. The number of benzene rings is 1. The monoisotopic (exact) mass is 235 g/mol. The molecule has 0 unspecified atom stereocenters. The van der Waals surface area contributed by atoms with Crippen LogP contribution in [0.15, 0.2) is 24.3 Å². The minimum Gasteiger partial charge on any atom is -0.497 e. The Morgan fingerprint density at radius 3 is 2.47 bits per heavy atom. The van der Waals surface area contributed by atoms with Gasteiger partial charge in [-0.15, -0.1) is 0 Å². The van der Waals surface area contributed by atoms with Gasteiger partial charge in [0.05, 0.1) is 7.11 Å². The Kier molecular flexibility index (Phi) is 4.70. The molecule has 0 aliphatic rings. The molecule has 0 radical (unpaired) electrons. The maximum absolute atomic E-state index is 12.5. The summed E-state index contributed by atoms with van der Waals surface area (Å²) in [6.07, 6.45) is 1.52. The lowest BCUT2D eigenvalue weighted by Crippen LogP contribution is -2.37. The zero-order chi connectivity index (χ0) is 12.9. The Morgan fingerprint density at radius 1 is 1.35 bits per heavy atom. The summed E-state index contributed by atoms with van der Waals surface area (Å²) in [5.41, 5.74) is 6.03. The molecule has 0 atom stereocenters. The predicted octanol–water partition coefficient (Wildman–Crippen LogP) is 2.64. The molecule has 3 heteroatoms. The molecule has 0 aliphatic carbocycles. The zero-order valence-corrected chi connectivity index (χ0v) is 10.8. The second-order valence-electron chi connectivity index (χ2n) is 4.25. The first-order valence-corrected chi connectivity index (χ1v) is 6.02. The normalized spacial score (nSPS) is 11.3. The van der Waals surface area contributed by atoms with Crippen molar-refractivity contribution in [2.45, 2.75) is 26.7 Å². The predicted molar refractivity (Wildman–Crippen MR) is 69.4 cm³/mol. The van der Waals surface area contributed by atoms with Crippen molar-refractivity contribution in [3.8, 4) is 5.75 Å². The van der Waals surface area contributed by atoms with E-state index in [1.165, 1.54) is 0 Å². The fourth-order valence-corrected chi connectivity index (χ4v) is 2.02. The SMILES string of the molecule is CCC(CC)(CN)C(=O)c1cccc(OC)c1. The molecular formula is C14H21NO2. The smallest absolute Gasteiger partial charge is 0.170 e. The van der Waals surface area contributed by atoms with Gasteiger partial charge in [-0.3, -0.25) is 4.79 Å². The van der Waals surface area contributed by atoms with Crippen molar-refractivity contribution in [1.29, 1.82) is 0 Å². The Labute approximate surface area is 103 Å². The molecule has 0 bridgehead atoms. The first-order valence-electron chi connectivity index (χ1n) is 6.02. The van der Waals surface area contributed by atoms with E-state index < -0.39 is 5.41 Å². The number of ketones is 1. The number of nitrogens with two attached hydrogens (primary N) is 1. The second kappa shape index (κ2) is 5.82. The highest BCUT2D eigenvalue weighted by Gasteiger charge is 2.33. The minimum atomic E-state index is -0.438. The largest absolute Gasteiger partial charge is 0.497 e. The van der Waals surface area contributed by atoms with Gasteiger partial charge in [-0.05, 0) is 25.0 Å². The third-order valence-electron chi connectivity index (χ3n) is 3.56. The summed E-state index contributed by atoms with van der Waals surface area (Å²) in [6, 6.07) is 7.26. The van der Waals surface area contributed by atoms with Crippen molar-refractivity contribution in [2.75, 3.05) is 13.7 Å². The maximum atomic E-state index is 12.5. The molecule has 1 aromatic carbocycles. The Hall–Kier alpha value is -1.35. The lowest BCUT2D eigenvalue weighted by Gasteiger charge is -2.28. The van der Waals surface area contributed by atoms with Gasteiger partial charge in [0.25, 0.3) is 0 Å². The van der Waals surface area contributed by atoms with Gasteiger partial charge in [-0.25, -0.2) is 0 Å². The molecule has 94 valence electrons. The Balaban J connectivity index is 3.09. The van der Waals surface area contributed by atoms with Gasteiger partial charge in [-0.2, -0.15) is 0 Å². The lowest BCUT2D eigenvalue weighted by atomic mass is 9.76. The molecular weight excluding hydrogens is 214 g/mol. The van der Waals surface area contributed by atoms with E-state index in [1.54, 1.807) is 13.2 Å². The number of carbonyl (C=O) groups is 1. The number of Topliss-reactive ketones (excluding diaryl/α,β-unsaturated/α-hetero) is 1. The molecule has 0 aromatic heterocycles. The van der Waals surface area contributed by atoms with Crippen molar-refractivity contribution in [2.24, 2.45) is 11.1 Å². The van der Waals surface area contributed by atoms with Crippen LogP contribution in [0, 0.1) is 5.41 Å². The minimum absolute atomic E-state index is 0.115. The molecule has 0 spiro atoms. The molecule has 1 aromatic rings. The molecule has 0 aliphatic heterocycles. The summed E-state index contributed by atoms with van der Waals surface area (Å²) in [7, 11) is 1.60. The van der Waals surface area contributed by atoms with Crippen LogP contribution in [-0.2, 0) is 0 Å². The van der Waals surface area contributed by atoms with Crippen LogP contribution < -0.4 is 10.5 Å². The molecule has 0 heterocycles. The molecule has 0 fully saturated rings. The van der Waals surface area contributed by atoms with Crippen molar-refractivity contribution in [3.05, 3.63) is 29.8 Å². The van der Waals surface area contributed by atoms with Crippen LogP contribution in [0.25, 0.3) is 0 Å². The summed E-state index contributed by atoms with van der Waals surface area (Å²) < 4.78 is 5.14. The Morgan fingerprint density at radius 2 is 2.00 bits per heavy atom. The first kappa shape index (κ1) is 13.7. The van der Waals surface area contributed by atoms with Gasteiger partial charge in [0.15, 0.2) is 5.78 Å². The van der Waals surface area contributed by atoms with Crippen LogP contribution in [0.1, 0.15) is 37.0 Å². The highest BCUT2D eigenvalue weighted by atomic mass is 16.5. The highest BCUT2D eigenvalue weighted by molar-refractivity contribution is 6.01. The van der Waals surface area contributed by atoms with Crippen molar-refractivity contribution in [1.82, 2.24) is 0 Å². The van der Waals surface area contributed by atoms with Crippen molar-refractivity contribution in [3.63, 3.8) is 0 Å². The van der Waals surface area contributed by atoms with Crippen LogP contribution in [-0.4, -0.2) is 19.4 Å². The summed E-state index contributed by atoms with van der Waals surface area (Å²) in [5, 5.41) is 0. The van der Waals surface area contributed by atoms with Gasteiger partial charge in [0, 0.05) is 17.5 Å². The molecule has 2 N–H and O–H groups in total. The van der Waals surface area contributed by atoms with E-state index in [4.69, 9.17) is 10.5 Å². The van der Waals surface area contributed by atoms with Crippen LogP contribution in [0.5, 0.6) is 5.75 Å². The third-order valence-corrected chi connectivity index (χ3v) is 3.56. The van der Waals surface area contributed by atoms with E-state index in [2.05, 4.69) is 0 Å². The van der Waals surface area contributed by atoms with Crippen LogP contribution in [0.4, 0.5) is 0 Å². The van der Waals surface area contributed by atoms with Gasteiger partial charge in [-0.1, -0.05) is 26.0 Å². The highest BCUT2D eigenvalue weighted by Crippen LogP contribution is 2.30. The van der Waals surface area contributed by atoms with Gasteiger partial charge in [0.2, 0.25) is 0 Å². The standard InChI is InChI=1S/C14H21NO2/c1-4-14(5-2,10-15)13(16)11-7-6-8-12(9-11)17-3/h6-9H,4-5,10,15H2,1-3H3. The summed E-state index contributed by atoms with van der Waals surface area (Å²) in [4.78, 5) is 12.5. The molecule has 0 saturated carbocycles. The third kappa shape index (κ3) is 2.67. The first-order chi connectivity index (χ1) is 8.13. The average Bonchev–Trinajstić information content (AvgIpc) is 2.41. The van der Waals surface area contributed by atoms with Gasteiger partial charge < -0.3 is 10.5 Å². The molecule has 17 heavy (non-hydrogen) atoms. The van der Waals surface area contributed by atoms with E-state index in [0.717, 1.165) is 12.8 Å². The molecule has 0 saturated heterocycles. The topological polar surface area (TPSA) is 52.3 Å². The van der Waals surface area contributed by atoms with Crippen LogP contribution >= 0.6 is 0 Å². The van der Waals surface area contributed by atoms with E-state index in [1.807, 2.05) is 32.0 Å². The molecule has 0 amide bonds. The number of rotatable bonds is 6. The van der Waals surface area contributed by atoms with Crippen LogP contribution in [0.3, 0.4) is 0 Å². The number of carbonyl (C=O) groups excluding carboxylic acids is 1. The van der Waals surface area contributed by atoms with Crippen LogP contribution in [0.2, 0.25) is 0 Å². The Bertz CT molecular complexity index is 375. The maximum Gasteiger partial charge on any atom is 0.170 e. The zero-order valence-electron chi connectivity index (χ0n) is 10.8. The van der Waals surface area contributed by atoms with E-state index >= 15 is 0 Å².